The van der Waals surface area contributed by atoms with Crippen LogP contribution in [0.25, 0.3) is 0 Å². The van der Waals surface area contributed by atoms with Crippen LogP contribution in [-0.4, -0.2) is 18.2 Å². The maximum atomic E-state index is 11.3. The molecule has 1 aromatic rings. The van der Waals surface area contributed by atoms with Gasteiger partial charge >= 0.3 is 0 Å². The van der Waals surface area contributed by atoms with E-state index in [9.17, 15) is 14.4 Å². The topological polar surface area (TPSA) is 66.5 Å². The quantitative estimate of drug-likeness (QED) is 0.597. The molecule has 1 aromatic carbocycles. The molecule has 1 aliphatic rings. The van der Waals surface area contributed by atoms with Crippen LogP contribution in [0.2, 0.25) is 0 Å². The van der Waals surface area contributed by atoms with Gasteiger partial charge in [-0.1, -0.05) is 0 Å². The molecule has 1 aliphatic heterocycles. The van der Waals surface area contributed by atoms with Gasteiger partial charge in [0.2, 0.25) is 6.41 Å². The fourth-order valence-electron chi connectivity index (χ4n) is 1.43. The van der Waals surface area contributed by atoms with Crippen molar-refractivity contribution in [2.45, 2.75) is 0 Å². The second-order valence-electron chi connectivity index (χ2n) is 3.15. The van der Waals surface area contributed by atoms with Crippen LogP contribution < -0.4 is 10.2 Å². The molecule has 3 amide bonds. The SMILES string of the molecule is O=CNc1ccc(N2C(=O)C=CC2=O)cc1. The highest BCUT2D eigenvalue weighted by molar-refractivity contribution is 6.28. The number of carbonyl (C=O) groups is 3. The Hall–Kier alpha value is -2.43. The van der Waals surface area contributed by atoms with E-state index in [0.29, 0.717) is 17.8 Å². The molecular weight excluding hydrogens is 208 g/mol. The summed E-state index contributed by atoms with van der Waals surface area (Å²) in [5.41, 5.74) is 1.09. The maximum absolute atomic E-state index is 11.3. The van der Waals surface area contributed by atoms with Crippen molar-refractivity contribution in [3.05, 3.63) is 36.4 Å². The minimum Gasteiger partial charge on any atom is -0.329 e. The molecule has 0 fully saturated rings. The van der Waals surface area contributed by atoms with Gasteiger partial charge in [-0.2, -0.15) is 0 Å². The van der Waals surface area contributed by atoms with Crippen molar-refractivity contribution in [1.29, 1.82) is 0 Å². The van der Waals surface area contributed by atoms with Crippen LogP contribution in [-0.2, 0) is 14.4 Å². The van der Waals surface area contributed by atoms with Gasteiger partial charge in [-0.15, -0.1) is 0 Å². The summed E-state index contributed by atoms with van der Waals surface area (Å²) in [5.74, 6) is -0.720. The summed E-state index contributed by atoms with van der Waals surface area (Å²) in [6.07, 6.45) is 3.00. The lowest BCUT2D eigenvalue weighted by atomic mass is 10.2. The minimum absolute atomic E-state index is 0.360. The summed E-state index contributed by atoms with van der Waals surface area (Å²) < 4.78 is 0. The number of hydrogen-bond donors (Lipinski definition) is 1. The van der Waals surface area contributed by atoms with Gasteiger partial charge in [0.1, 0.15) is 0 Å². The van der Waals surface area contributed by atoms with Crippen molar-refractivity contribution < 1.29 is 14.4 Å². The number of imide groups is 1. The highest BCUT2D eigenvalue weighted by atomic mass is 16.2. The first kappa shape index (κ1) is 10.1. The summed E-state index contributed by atoms with van der Waals surface area (Å²) in [5, 5.41) is 2.46. The Kier molecular flexibility index (Phi) is 2.51. The molecule has 1 N–H and O–H groups in total. The monoisotopic (exact) mass is 216 g/mol. The van der Waals surface area contributed by atoms with E-state index in [2.05, 4.69) is 5.32 Å². The number of nitrogens with zero attached hydrogens (tertiary/aromatic N) is 1. The third kappa shape index (κ3) is 1.70. The third-order valence-electron chi connectivity index (χ3n) is 2.16. The average molecular weight is 216 g/mol. The van der Waals surface area contributed by atoms with E-state index in [1.807, 2.05) is 0 Å². The molecule has 0 unspecified atom stereocenters. The molecular formula is C11H8N2O3. The van der Waals surface area contributed by atoms with E-state index in [-0.39, 0.29) is 11.8 Å². The van der Waals surface area contributed by atoms with E-state index in [1.165, 1.54) is 12.2 Å². The van der Waals surface area contributed by atoms with Gasteiger partial charge in [0.15, 0.2) is 0 Å². The standard InChI is InChI=1S/C11H8N2O3/c14-7-12-8-1-3-9(4-2-8)13-10(15)5-6-11(13)16/h1-7H,(H,12,14). The van der Waals surface area contributed by atoms with E-state index in [1.54, 1.807) is 24.3 Å². The second kappa shape index (κ2) is 3.98. The Labute approximate surface area is 91.4 Å². The molecule has 2 rings (SSSR count). The second-order valence-corrected chi connectivity index (χ2v) is 3.15. The lowest BCUT2D eigenvalue weighted by molar-refractivity contribution is -0.120. The smallest absolute Gasteiger partial charge is 0.258 e. The molecule has 5 nitrogen and oxygen atoms in total. The molecule has 5 heteroatoms. The molecule has 0 radical (unpaired) electrons. The van der Waals surface area contributed by atoms with Crippen molar-refractivity contribution in [2.75, 3.05) is 10.2 Å². The van der Waals surface area contributed by atoms with Gasteiger partial charge in [0.25, 0.3) is 11.8 Å². The van der Waals surface area contributed by atoms with Crippen LogP contribution in [0.4, 0.5) is 11.4 Å². The van der Waals surface area contributed by atoms with Crippen molar-refractivity contribution >= 4 is 29.6 Å². The van der Waals surface area contributed by atoms with Crippen LogP contribution in [0.3, 0.4) is 0 Å². The molecule has 1 heterocycles. The van der Waals surface area contributed by atoms with E-state index < -0.39 is 0 Å². The summed E-state index contributed by atoms with van der Waals surface area (Å²) in [7, 11) is 0. The van der Waals surface area contributed by atoms with Gasteiger partial charge in [-0.25, -0.2) is 4.90 Å². The van der Waals surface area contributed by atoms with Crippen LogP contribution in [0.15, 0.2) is 36.4 Å². The molecule has 80 valence electrons. The summed E-state index contributed by atoms with van der Waals surface area (Å²) in [4.78, 5) is 33.9. The molecule has 0 bridgehead atoms. The summed E-state index contributed by atoms with van der Waals surface area (Å²) in [6.45, 7) is 0. The van der Waals surface area contributed by atoms with Gasteiger partial charge in [0, 0.05) is 17.8 Å². The zero-order chi connectivity index (χ0) is 11.5. The first-order chi connectivity index (χ1) is 7.72. The number of hydrogen-bond acceptors (Lipinski definition) is 3. The molecule has 0 saturated heterocycles. The van der Waals surface area contributed by atoms with E-state index in [4.69, 9.17) is 0 Å². The summed E-state index contributed by atoms with van der Waals surface area (Å²) >= 11 is 0. The number of carbonyl (C=O) groups excluding carboxylic acids is 3. The predicted octanol–water partition coefficient (Wildman–Crippen LogP) is 0.684. The third-order valence-corrected chi connectivity index (χ3v) is 2.16. The predicted molar refractivity (Wildman–Crippen MR) is 57.8 cm³/mol. The Bertz CT molecular complexity index is 459. The lowest BCUT2D eigenvalue weighted by Crippen LogP contribution is -2.29. The van der Waals surface area contributed by atoms with Gasteiger partial charge < -0.3 is 5.32 Å². The Balaban J connectivity index is 2.25. The molecule has 0 aromatic heterocycles. The lowest BCUT2D eigenvalue weighted by Gasteiger charge is -2.13. The van der Waals surface area contributed by atoms with Crippen LogP contribution >= 0.6 is 0 Å². The fraction of sp³-hybridized carbons (Fsp3) is 0. The number of amides is 3. The molecule has 16 heavy (non-hydrogen) atoms. The van der Waals surface area contributed by atoms with E-state index >= 15 is 0 Å². The number of rotatable bonds is 3. The largest absolute Gasteiger partial charge is 0.329 e. The molecule has 0 aliphatic carbocycles. The van der Waals surface area contributed by atoms with Crippen LogP contribution in [0.1, 0.15) is 0 Å². The van der Waals surface area contributed by atoms with Crippen LogP contribution in [0.5, 0.6) is 0 Å². The number of anilines is 2. The highest BCUT2D eigenvalue weighted by Crippen LogP contribution is 2.20. The van der Waals surface area contributed by atoms with Crippen LogP contribution in [0, 0.1) is 0 Å². The zero-order valence-corrected chi connectivity index (χ0v) is 8.21. The summed E-state index contributed by atoms with van der Waals surface area (Å²) in [6, 6.07) is 6.41. The van der Waals surface area contributed by atoms with E-state index in [0.717, 1.165) is 4.90 Å². The Morgan fingerprint density at radius 2 is 1.56 bits per heavy atom. The fourth-order valence-corrected chi connectivity index (χ4v) is 1.43. The van der Waals surface area contributed by atoms with Gasteiger partial charge in [0.05, 0.1) is 5.69 Å². The zero-order valence-electron chi connectivity index (χ0n) is 8.21. The Morgan fingerprint density at radius 3 is 2.06 bits per heavy atom. The molecule has 0 atom stereocenters. The van der Waals surface area contributed by atoms with Gasteiger partial charge in [-0.05, 0) is 24.3 Å². The van der Waals surface area contributed by atoms with Crippen molar-refractivity contribution in [1.82, 2.24) is 0 Å². The number of nitrogens with one attached hydrogen (secondary N) is 1. The Morgan fingerprint density at radius 1 is 1.00 bits per heavy atom. The molecule has 0 spiro atoms. The highest BCUT2D eigenvalue weighted by Gasteiger charge is 2.24. The number of benzene rings is 1. The van der Waals surface area contributed by atoms with Gasteiger partial charge in [-0.3, -0.25) is 14.4 Å². The molecule has 0 saturated carbocycles. The van der Waals surface area contributed by atoms with Crippen molar-refractivity contribution in [3.8, 4) is 0 Å². The maximum Gasteiger partial charge on any atom is 0.258 e. The first-order valence-electron chi connectivity index (χ1n) is 4.59. The normalized spacial score (nSPS) is 14.4. The van der Waals surface area contributed by atoms with Crippen molar-refractivity contribution in [2.24, 2.45) is 0 Å². The van der Waals surface area contributed by atoms with Crippen molar-refractivity contribution in [3.63, 3.8) is 0 Å². The average Bonchev–Trinajstić information content (AvgIpc) is 2.61. The first-order valence-corrected chi connectivity index (χ1v) is 4.59. The minimum atomic E-state index is -0.360.